The Kier molecular flexibility index (Phi) is 17.4. The van der Waals surface area contributed by atoms with Crippen LogP contribution in [0, 0.1) is 0 Å². The molecule has 3 aliphatic heterocycles. The number of anilines is 2. The molecule has 24 heteroatoms. The van der Waals surface area contributed by atoms with Crippen LogP contribution in [0.25, 0.3) is 22.3 Å². The standard InChI is InChI=1S/C20H23N5O5S.C17H19N5O3S.C3H4O2.CH2O2/c21-18-15-19(23-10-22-18)25(11-24-15)20-17(29)16(28)13(30-20)9-31(7-6-14(26)27)8-12-4-2-1-3-5-12;18-15-12-16(20-8-19-15)22(9-21-12)17-14(24)13(23)11(25-17)7-26-6-10-4-2-1-3-5-10;4-3-1-2-5-3;2-1-3/h1-5,10-11,13,16-17,20,28-29H,6-9H2,(H2-,21,22,23,26,27);1-5,8-9,11,13-14,17,23-24H,6-7H2,(H2,18,19,20);1-2H2;1H,(H,2,3)/t13-,16?,17+,20-,31?;11-,13?,14+,17-;;/m11../s1. The summed E-state index contributed by atoms with van der Waals surface area (Å²) in [6.45, 7) is 0.388. The van der Waals surface area contributed by atoms with Crippen molar-refractivity contribution in [3.05, 3.63) is 97.1 Å². The van der Waals surface area contributed by atoms with E-state index in [0.717, 1.165) is 11.3 Å². The third-order valence-corrected chi connectivity index (χ3v) is 13.6. The van der Waals surface area contributed by atoms with Crippen molar-refractivity contribution in [3.63, 3.8) is 0 Å². The van der Waals surface area contributed by atoms with Gasteiger partial charge in [0.2, 0.25) is 0 Å². The number of hydrogen-bond donors (Lipinski definition) is 7. The summed E-state index contributed by atoms with van der Waals surface area (Å²) in [7, 11) is -0.401. The van der Waals surface area contributed by atoms with Crippen molar-refractivity contribution in [3.8, 4) is 0 Å². The molecule has 3 saturated heterocycles. The van der Waals surface area contributed by atoms with Gasteiger partial charge in [-0.15, -0.1) is 0 Å². The summed E-state index contributed by atoms with van der Waals surface area (Å²) in [5.41, 5.74) is 15.6. The fourth-order valence-corrected chi connectivity index (χ4v) is 10.2. The van der Waals surface area contributed by atoms with Gasteiger partial charge in [-0.05, 0) is 16.5 Å². The van der Waals surface area contributed by atoms with Crippen LogP contribution < -0.4 is 16.6 Å². The molecule has 2 aromatic carbocycles. The maximum Gasteiger partial charge on any atom is 0.309 e. The van der Waals surface area contributed by atoms with Gasteiger partial charge in [-0.1, -0.05) is 60.7 Å². The predicted molar refractivity (Wildman–Crippen MR) is 235 cm³/mol. The average Bonchev–Trinajstić information content (AvgIpc) is 4.06. The number of carboxylic acids is 1. The number of rotatable bonds is 13. The molecule has 3 aliphatic rings. The summed E-state index contributed by atoms with van der Waals surface area (Å²) in [6, 6.07) is 19.8. The van der Waals surface area contributed by atoms with Crippen LogP contribution in [0.5, 0.6) is 0 Å². The van der Waals surface area contributed by atoms with Crippen LogP contribution in [-0.4, -0.2) is 143 Å². The van der Waals surface area contributed by atoms with Crippen molar-refractivity contribution < 1.29 is 59.2 Å². The lowest BCUT2D eigenvalue weighted by Crippen LogP contribution is -2.37. The smallest absolute Gasteiger partial charge is 0.309 e. The Hall–Kier alpha value is -5.99. The number of nitrogens with two attached hydrogens (primary N) is 2. The molecule has 9 N–H and O–H groups in total. The number of carbonyl (C=O) groups is 3. The van der Waals surface area contributed by atoms with Crippen molar-refractivity contribution in [2.75, 3.05) is 35.3 Å². The molecule has 0 amide bonds. The number of ether oxygens (including phenoxy) is 3. The highest BCUT2D eigenvalue weighted by Crippen LogP contribution is 2.35. The first kappa shape index (κ1) is 48.5. The molecule has 9 atom stereocenters. The number of fused-ring (bicyclic) bond motifs is 2. The van der Waals surface area contributed by atoms with E-state index in [4.69, 9.17) is 30.8 Å². The van der Waals surface area contributed by atoms with Crippen molar-refractivity contribution in [1.29, 1.82) is 0 Å². The van der Waals surface area contributed by atoms with Crippen molar-refractivity contribution >= 4 is 75.0 Å². The van der Waals surface area contributed by atoms with Crippen molar-refractivity contribution in [1.82, 2.24) is 39.0 Å². The van der Waals surface area contributed by atoms with Crippen LogP contribution >= 0.6 is 11.8 Å². The van der Waals surface area contributed by atoms with E-state index in [1.54, 1.807) is 16.3 Å². The quantitative estimate of drug-likeness (QED) is 0.0439. The number of aliphatic hydroxyl groups is 4. The molecule has 0 aliphatic carbocycles. The van der Waals surface area contributed by atoms with Gasteiger partial charge in [0.05, 0.1) is 25.2 Å². The minimum absolute atomic E-state index is 0.0648. The van der Waals surface area contributed by atoms with Crippen LogP contribution in [0.15, 0.2) is 86.0 Å². The minimum Gasteiger partial charge on any atom is -0.550 e. The lowest BCUT2D eigenvalue weighted by molar-refractivity contribution is -0.305. The molecule has 4 aromatic heterocycles. The Labute approximate surface area is 378 Å². The molecule has 22 nitrogen and oxygen atoms in total. The highest BCUT2D eigenvalue weighted by molar-refractivity contribution is 7.98. The summed E-state index contributed by atoms with van der Waals surface area (Å²) in [5.74, 6) is 2.13. The van der Waals surface area contributed by atoms with Crippen LogP contribution in [-0.2, 0) is 51.0 Å². The van der Waals surface area contributed by atoms with Gasteiger partial charge >= 0.3 is 5.97 Å². The first-order valence-corrected chi connectivity index (χ1v) is 22.9. The van der Waals surface area contributed by atoms with E-state index in [1.165, 1.54) is 35.4 Å². The molecule has 9 rings (SSSR count). The summed E-state index contributed by atoms with van der Waals surface area (Å²) >= 11 is 1.65. The second kappa shape index (κ2) is 23.3. The third kappa shape index (κ3) is 12.4. The normalized spacial score (nSPS) is 23.7. The highest BCUT2D eigenvalue weighted by Gasteiger charge is 2.47. The summed E-state index contributed by atoms with van der Waals surface area (Å²) in [5, 5.41) is 60.0. The molecule has 3 fully saturated rings. The van der Waals surface area contributed by atoms with Gasteiger partial charge < -0.3 is 61.1 Å². The van der Waals surface area contributed by atoms with Crippen LogP contribution in [0.4, 0.5) is 11.6 Å². The number of esters is 1. The largest absolute Gasteiger partial charge is 0.550 e. The number of nitrogens with zero attached hydrogens (tertiary/aromatic N) is 8. The van der Waals surface area contributed by atoms with Crippen LogP contribution in [0.1, 0.15) is 36.4 Å². The number of carboxylic acid groups (broad SMARTS) is 2. The number of nitrogen functional groups attached to an aromatic ring is 2. The Morgan fingerprint density at radius 3 is 1.74 bits per heavy atom. The molecule has 3 unspecified atom stereocenters. The number of imidazole rings is 2. The highest BCUT2D eigenvalue weighted by atomic mass is 32.2. The lowest BCUT2D eigenvalue weighted by Gasteiger charge is -2.17. The Balaban J connectivity index is 0.000000186. The van der Waals surface area contributed by atoms with Gasteiger partial charge in [-0.3, -0.25) is 18.7 Å². The Morgan fingerprint density at radius 2 is 1.26 bits per heavy atom. The van der Waals surface area contributed by atoms with Crippen LogP contribution in [0.3, 0.4) is 0 Å². The predicted octanol–water partition coefficient (Wildman–Crippen LogP) is -0.419. The van der Waals surface area contributed by atoms with E-state index >= 15 is 0 Å². The molecule has 0 bridgehead atoms. The maximum absolute atomic E-state index is 11.0. The molecule has 7 heterocycles. The fraction of sp³-hybridized carbons (Fsp3) is 0.390. The van der Waals surface area contributed by atoms with E-state index in [9.17, 15) is 35.1 Å². The molecule has 346 valence electrons. The number of aliphatic hydroxyl groups excluding tert-OH is 4. The number of hydrogen-bond acceptors (Lipinski definition) is 20. The van der Waals surface area contributed by atoms with Crippen molar-refractivity contribution in [2.45, 2.75) is 73.4 Å². The van der Waals surface area contributed by atoms with Gasteiger partial charge in [0.1, 0.15) is 78.1 Å². The molecule has 0 spiro atoms. The fourth-order valence-electron chi connectivity index (χ4n) is 6.84. The summed E-state index contributed by atoms with van der Waals surface area (Å²) in [6.07, 6.45) is -1.13. The summed E-state index contributed by atoms with van der Waals surface area (Å²) < 4.78 is 19.3. The van der Waals surface area contributed by atoms with E-state index in [2.05, 4.69) is 46.8 Å². The second-order valence-corrected chi connectivity index (χ2v) is 17.9. The molecular formula is C41H48N10O12S2. The van der Waals surface area contributed by atoms with Crippen molar-refractivity contribution in [2.24, 2.45) is 0 Å². The average molecular weight is 937 g/mol. The van der Waals surface area contributed by atoms with Gasteiger partial charge in [0, 0.05) is 29.5 Å². The first-order chi connectivity index (χ1) is 31.4. The monoisotopic (exact) mass is 936 g/mol. The maximum atomic E-state index is 11.0. The van der Waals surface area contributed by atoms with Crippen LogP contribution in [0.2, 0.25) is 0 Å². The first-order valence-electron chi connectivity index (χ1n) is 20.0. The number of thioether (sulfide) groups is 1. The topological polar surface area (TPSA) is 342 Å². The van der Waals surface area contributed by atoms with Gasteiger partial charge in [-0.25, -0.2) is 29.9 Å². The zero-order valence-electron chi connectivity index (χ0n) is 34.6. The number of carbonyl (C=O) groups excluding carboxylic acids is 2. The van der Waals surface area contributed by atoms with Gasteiger partial charge in [-0.2, -0.15) is 11.8 Å². The zero-order valence-corrected chi connectivity index (χ0v) is 36.2. The van der Waals surface area contributed by atoms with Gasteiger partial charge in [0.15, 0.2) is 35.4 Å². The zero-order chi connectivity index (χ0) is 46.5. The lowest BCUT2D eigenvalue weighted by atomic mass is 10.1. The minimum atomic E-state index is -1.21. The van der Waals surface area contributed by atoms with Gasteiger partial charge in [0.25, 0.3) is 6.47 Å². The number of aromatic nitrogens is 8. The van der Waals surface area contributed by atoms with E-state index in [-0.39, 0.29) is 30.5 Å². The Bertz CT molecular complexity index is 2470. The molecule has 65 heavy (non-hydrogen) atoms. The number of benzene rings is 2. The Morgan fingerprint density at radius 1 is 0.785 bits per heavy atom. The SMILES string of the molecule is Nc1ncnc2c1ncn2[C@@H]1O[C@H](CSCc2ccccc2)C(O)[C@@H]1O.Nc1ncnc2c1ncn2[C@@H]1O[C@H](C[S+](CCC(=O)[O-])Cc2ccccc2)C(O)[C@@H]1O.O=C1CCO1.O=CO. The third-order valence-electron chi connectivity index (χ3n) is 10.2. The van der Waals surface area contributed by atoms with E-state index in [0.29, 0.717) is 58.4 Å². The number of cyclic esters (lactones) is 1. The number of aliphatic carboxylic acids is 1. The molecular weight excluding hydrogens is 889 g/mol. The van der Waals surface area contributed by atoms with E-state index in [1.807, 2.05) is 48.5 Å². The molecule has 6 aromatic rings. The van der Waals surface area contributed by atoms with E-state index < -0.39 is 65.9 Å². The summed E-state index contributed by atoms with van der Waals surface area (Å²) in [4.78, 5) is 53.5. The second-order valence-electron chi connectivity index (χ2n) is 14.6. The molecule has 0 radical (unpaired) electrons. The molecule has 0 saturated carbocycles.